The highest BCUT2D eigenvalue weighted by Gasteiger charge is 2.34. The number of carboxylic acids is 3. The fourth-order valence-electron chi connectivity index (χ4n) is 5.69. The summed E-state index contributed by atoms with van der Waals surface area (Å²) in [5.74, 6) is -9.67. The normalized spacial score (nSPS) is 13.5. The van der Waals surface area contributed by atoms with Crippen molar-refractivity contribution in [3.63, 3.8) is 0 Å². The van der Waals surface area contributed by atoms with Crippen LogP contribution in [0.3, 0.4) is 0 Å². The van der Waals surface area contributed by atoms with Gasteiger partial charge in [0.15, 0.2) is 0 Å². The lowest BCUT2D eigenvalue weighted by Gasteiger charge is -2.30. The number of ether oxygens (including phenoxy) is 1. The van der Waals surface area contributed by atoms with Crippen LogP contribution in [0.1, 0.15) is 63.5 Å². The summed E-state index contributed by atoms with van der Waals surface area (Å²) < 4.78 is 5.06. The molecule has 0 spiro atoms. The monoisotopic (exact) mass is 782 g/mol. The number of hydrazine groups is 1. The number of nitrogens with one attached hydrogen (secondary N) is 4. The maximum absolute atomic E-state index is 13.5. The highest BCUT2D eigenvalue weighted by molar-refractivity contribution is 5.98. The van der Waals surface area contributed by atoms with Gasteiger partial charge in [-0.2, -0.15) is 0 Å². The van der Waals surface area contributed by atoms with Crippen molar-refractivity contribution in [3.8, 4) is 0 Å². The number of anilines is 1. The molecule has 56 heavy (non-hydrogen) atoms. The Morgan fingerprint density at radius 3 is 2.05 bits per heavy atom. The Labute approximate surface area is 321 Å². The van der Waals surface area contributed by atoms with Crippen molar-refractivity contribution in [3.05, 3.63) is 65.7 Å². The molecule has 0 aliphatic carbocycles. The minimum Gasteiger partial charge on any atom is -0.481 e. The number of amides is 6. The van der Waals surface area contributed by atoms with E-state index in [0.29, 0.717) is 23.5 Å². The number of hydrogen-bond acceptors (Lipinski definition) is 10. The first-order chi connectivity index (χ1) is 26.5. The molecule has 2 aromatic rings. The van der Waals surface area contributed by atoms with Crippen molar-refractivity contribution in [2.24, 2.45) is 5.92 Å². The maximum Gasteiger partial charge on any atom is 0.408 e. The zero-order valence-corrected chi connectivity index (χ0v) is 30.9. The van der Waals surface area contributed by atoms with E-state index in [0.717, 1.165) is 17.7 Å². The third kappa shape index (κ3) is 14.0. The molecular weight excluding hydrogens is 736 g/mol. The predicted octanol–water partition coefficient (Wildman–Crippen LogP) is 0.951. The zero-order chi connectivity index (χ0) is 41.4. The quantitative estimate of drug-likeness (QED) is 0.0979. The fourth-order valence-corrected chi connectivity index (χ4v) is 5.69. The summed E-state index contributed by atoms with van der Waals surface area (Å²) >= 11 is 0. The van der Waals surface area contributed by atoms with E-state index in [1.165, 1.54) is 13.8 Å². The summed E-state index contributed by atoms with van der Waals surface area (Å²) in [7, 11) is 0. The molecule has 0 saturated heterocycles. The first-order valence-corrected chi connectivity index (χ1v) is 17.8. The third-order valence-corrected chi connectivity index (χ3v) is 8.53. The smallest absolute Gasteiger partial charge is 0.408 e. The fraction of sp³-hybridized carbons (Fsp3) is 0.432. The Morgan fingerprint density at radius 1 is 0.750 bits per heavy atom. The van der Waals surface area contributed by atoms with Gasteiger partial charge in [0.05, 0.1) is 6.42 Å². The first kappa shape index (κ1) is 43.9. The predicted molar refractivity (Wildman–Crippen MR) is 195 cm³/mol. The minimum atomic E-state index is -1.77. The Kier molecular flexibility index (Phi) is 16.8. The number of rotatable bonds is 19. The summed E-state index contributed by atoms with van der Waals surface area (Å²) in [6.45, 7) is 2.23. The number of para-hydroxylation sites is 1. The van der Waals surface area contributed by atoms with E-state index in [1.54, 1.807) is 47.4 Å². The lowest BCUT2D eigenvalue weighted by Crippen LogP contribution is -2.60. The van der Waals surface area contributed by atoms with Gasteiger partial charge in [0.1, 0.15) is 31.3 Å². The molecule has 0 saturated carbocycles. The van der Waals surface area contributed by atoms with E-state index in [-0.39, 0.29) is 18.9 Å². The van der Waals surface area contributed by atoms with Crippen molar-refractivity contribution in [2.45, 2.75) is 83.5 Å². The molecule has 2 aromatic carbocycles. The van der Waals surface area contributed by atoms with Crippen molar-refractivity contribution in [2.75, 3.05) is 18.0 Å². The number of carbonyl (C=O) groups is 9. The van der Waals surface area contributed by atoms with Crippen LogP contribution in [-0.2, 0) is 56.1 Å². The molecule has 3 rings (SSSR count). The minimum absolute atomic E-state index is 0.211. The van der Waals surface area contributed by atoms with E-state index in [2.05, 4.69) is 21.4 Å². The van der Waals surface area contributed by atoms with Gasteiger partial charge in [-0.05, 0) is 42.4 Å². The third-order valence-electron chi connectivity index (χ3n) is 8.53. The molecule has 19 heteroatoms. The number of carboxylic acid groups (broad SMARTS) is 3. The van der Waals surface area contributed by atoms with Crippen molar-refractivity contribution < 1.29 is 63.2 Å². The number of nitrogens with zero attached hydrogens (tertiary/aromatic N) is 2. The molecule has 1 aliphatic heterocycles. The second-order valence-corrected chi connectivity index (χ2v) is 13.2. The number of benzene rings is 2. The Balaban J connectivity index is 1.69. The first-order valence-electron chi connectivity index (χ1n) is 17.8. The molecule has 19 nitrogen and oxygen atoms in total. The van der Waals surface area contributed by atoms with E-state index in [4.69, 9.17) is 4.74 Å². The van der Waals surface area contributed by atoms with Crippen LogP contribution in [0.4, 0.5) is 10.5 Å². The van der Waals surface area contributed by atoms with Crippen molar-refractivity contribution in [1.82, 2.24) is 26.4 Å². The second-order valence-electron chi connectivity index (χ2n) is 13.2. The van der Waals surface area contributed by atoms with Gasteiger partial charge in [-0.15, -0.1) is 0 Å². The van der Waals surface area contributed by atoms with E-state index < -0.39 is 104 Å². The Morgan fingerprint density at radius 2 is 1.41 bits per heavy atom. The Hall–Kier alpha value is -6.53. The van der Waals surface area contributed by atoms with Crippen LogP contribution in [0.5, 0.6) is 0 Å². The molecule has 302 valence electrons. The van der Waals surface area contributed by atoms with Gasteiger partial charge >= 0.3 is 24.0 Å². The van der Waals surface area contributed by atoms with Crippen molar-refractivity contribution in [1.29, 1.82) is 0 Å². The van der Waals surface area contributed by atoms with Gasteiger partial charge < -0.3 is 40.9 Å². The number of aliphatic carboxylic acids is 3. The average molecular weight is 783 g/mol. The summed E-state index contributed by atoms with van der Waals surface area (Å²) in [5.41, 5.74) is 4.47. The van der Waals surface area contributed by atoms with Crippen LogP contribution in [-0.4, -0.2) is 105 Å². The number of fused-ring (bicyclic) bond motifs is 1. The zero-order valence-electron chi connectivity index (χ0n) is 30.9. The summed E-state index contributed by atoms with van der Waals surface area (Å²) in [6.07, 6.45) is -2.54. The number of hydrogen-bond donors (Lipinski definition) is 7. The molecule has 0 aromatic heterocycles. The van der Waals surface area contributed by atoms with Gasteiger partial charge in [0.25, 0.3) is 5.91 Å². The van der Waals surface area contributed by atoms with Gasteiger partial charge in [-0.3, -0.25) is 43.8 Å². The molecular formula is C37H46N6O13. The lowest BCUT2D eigenvalue weighted by molar-refractivity contribution is -0.151. The molecule has 0 bridgehead atoms. The standard InChI is InChI=1S/C37H46N6O13/c1-22(2)33(36(54)41-43(20-32(50)51)29(45)16-15-28(44)42-18-8-12-24-11-6-7-13-27(24)42)40-34(52)25(14-17-30(46)47)38-35(53)26(19-31(48)49)39-37(55)56-21-23-9-4-3-5-10-23/h3-7,9-11,13,22,25-26,33H,8,12,14-21H2,1-2H3,(H,38,53)(H,39,55)(H,40,52)(H,41,54)(H,46,47)(H,48,49)(H,50,51). The van der Waals surface area contributed by atoms with Crippen LogP contribution in [0.2, 0.25) is 0 Å². The van der Waals surface area contributed by atoms with Crippen LogP contribution in [0, 0.1) is 5.92 Å². The van der Waals surface area contributed by atoms with Crippen LogP contribution < -0.4 is 26.3 Å². The second kappa shape index (κ2) is 21.4. The topological polar surface area (TPSA) is 278 Å². The van der Waals surface area contributed by atoms with E-state index in [1.807, 2.05) is 12.1 Å². The summed E-state index contributed by atoms with van der Waals surface area (Å²) in [6, 6.07) is 10.8. The number of aryl methyl sites for hydroxylation is 1. The van der Waals surface area contributed by atoms with Gasteiger partial charge in [-0.25, -0.2) is 9.80 Å². The molecule has 0 fully saturated rings. The van der Waals surface area contributed by atoms with E-state index in [9.17, 15) is 58.5 Å². The highest BCUT2D eigenvalue weighted by Crippen LogP contribution is 2.27. The molecule has 6 amide bonds. The number of carbonyl (C=O) groups excluding carboxylic acids is 6. The summed E-state index contributed by atoms with van der Waals surface area (Å²) in [5, 5.41) is 35.4. The molecule has 3 atom stereocenters. The van der Waals surface area contributed by atoms with Gasteiger partial charge in [0.2, 0.25) is 23.6 Å². The lowest BCUT2D eigenvalue weighted by atomic mass is 10.0. The molecule has 3 unspecified atom stereocenters. The van der Waals surface area contributed by atoms with Gasteiger partial charge in [0, 0.05) is 31.5 Å². The summed E-state index contributed by atoms with van der Waals surface area (Å²) in [4.78, 5) is 115. The average Bonchev–Trinajstić information content (AvgIpc) is 3.15. The van der Waals surface area contributed by atoms with Crippen LogP contribution in [0.15, 0.2) is 54.6 Å². The largest absolute Gasteiger partial charge is 0.481 e. The molecule has 0 radical (unpaired) electrons. The van der Waals surface area contributed by atoms with Gasteiger partial charge in [-0.1, -0.05) is 62.4 Å². The SMILES string of the molecule is CC(C)C(NC(=O)C(CCC(=O)O)NC(=O)C(CC(=O)O)NC(=O)OCc1ccccc1)C(=O)NN(CC(=O)O)C(=O)CCC(=O)N1CCCc2ccccc21. The van der Waals surface area contributed by atoms with Crippen LogP contribution in [0.25, 0.3) is 0 Å². The molecule has 7 N–H and O–H groups in total. The number of alkyl carbamates (subject to hydrolysis) is 1. The maximum atomic E-state index is 13.5. The molecule has 1 aliphatic rings. The van der Waals surface area contributed by atoms with Crippen molar-refractivity contribution >= 4 is 59.2 Å². The van der Waals surface area contributed by atoms with Crippen LogP contribution >= 0.6 is 0 Å². The highest BCUT2D eigenvalue weighted by atomic mass is 16.5. The van der Waals surface area contributed by atoms with E-state index >= 15 is 0 Å². The Bertz CT molecular complexity index is 1770. The molecule has 1 heterocycles.